The standard InChI is InChI=1S/C16H20N4O2S/c1-11-5-7-20(8-6-11)14-4-3-12(9-13(14)15(21)22)19-16(23-2)18-10-17/h3-4,9,11H,5-8H2,1-2H3,(H,18,19)(H,21,22). The number of aliphatic imine (C=N–C) groups is 1. The van der Waals surface area contributed by atoms with Crippen molar-refractivity contribution < 1.29 is 9.90 Å². The lowest BCUT2D eigenvalue weighted by atomic mass is 9.98. The number of anilines is 1. The van der Waals surface area contributed by atoms with E-state index >= 15 is 0 Å². The third-order valence-electron chi connectivity index (χ3n) is 3.92. The minimum absolute atomic E-state index is 0.248. The summed E-state index contributed by atoms with van der Waals surface area (Å²) < 4.78 is 0. The molecule has 2 rings (SSSR count). The monoisotopic (exact) mass is 332 g/mol. The van der Waals surface area contributed by atoms with Crippen LogP contribution >= 0.6 is 11.8 Å². The predicted molar refractivity (Wildman–Crippen MR) is 93.4 cm³/mol. The zero-order chi connectivity index (χ0) is 16.8. The highest BCUT2D eigenvalue weighted by Crippen LogP contribution is 2.29. The number of piperidine rings is 1. The highest BCUT2D eigenvalue weighted by atomic mass is 32.2. The van der Waals surface area contributed by atoms with Crippen LogP contribution < -0.4 is 10.2 Å². The Morgan fingerprint density at radius 3 is 2.74 bits per heavy atom. The van der Waals surface area contributed by atoms with Gasteiger partial charge in [-0.05, 0) is 43.2 Å². The van der Waals surface area contributed by atoms with Crippen molar-refractivity contribution >= 4 is 34.3 Å². The van der Waals surface area contributed by atoms with Crippen molar-refractivity contribution in [3.8, 4) is 6.19 Å². The molecule has 0 atom stereocenters. The average molecular weight is 332 g/mol. The largest absolute Gasteiger partial charge is 0.478 e. The molecule has 1 aliphatic heterocycles. The van der Waals surface area contributed by atoms with E-state index in [0.29, 0.717) is 16.8 Å². The molecule has 0 unspecified atom stereocenters. The van der Waals surface area contributed by atoms with E-state index in [1.165, 1.54) is 11.8 Å². The Bertz CT molecular complexity index is 646. The van der Waals surface area contributed by atoms with E-state index in [0.717, 1.165) is 31.6 Å². The summed E-state index contributed by atoms with van der Waals surface area (Å²) in [5, 5.41) is 21.1. The van der Waals surface area contributed by atoms with Crippen molar-refractivity contribution in [2.75, 3.05) is 24.2 Å². The fourth-order valence-corrected chi connectivity index (χ4v) is 2.92. The van der Waals surface area contributed by atoms with Crippen LogP contribution in [-0.2, 0) is 0 Å². The third kappa shape index (κ3) is 4.39. The Morgan fingerprint density at radius 2 is 2.17 bits per heavy atom. The maximum atomic E-state index is 11.6. The molecule has 1 aliphatic rings. The van der Waals surface area contributed by atoms with Gasteiger partial charge in [0.25, 0.3) is 0 Å². The van der Waals surface area contributed by atoms with Crippen molar-refractivity contribution in [2.45, 2.75) is 19.8 Å². The second kappa shape index (κ2) is 7.88. The van der Waals surface area contributed by atoms with Gasteiger partial charge in [0.05, 0.1) is 16.9 Å². The van der Waals surface area contributed by atoms with Gasteiger partial charge in [0, 0.05) is 13.1 Å². The fourth-order valence-electron chi connectivity index (χ4n) is 2.58. The van der Waals surface area contributed by atoms with Gasteiger partial charge < -0.3 is 10.0 Å². The highest BCUT2D eigenvalue weighted by Gasteiger charge is 2.21. The third-order valence-corrected chi connectivity index (χ3v) is 4.50. The molecule has 2 N–H and O–H groups in total. The molecule has 0 saturated carbocycles. The number of carboxylic acid groups (broad SMARTS) is 1. The van der Waals surface area contributed by atoms with Gasteiger partial charge >= 0.3 is 5.97 Å². The Kier molecular flexibility index (Phi) is 5.88. The Balaban J connectivity index is 2.32. The van der Waals surface area contributed by atoms with Crippen LogP contribution in [0.5, 0.6) is 0 Å². The zero-order valence-electron chi connectivity index (χ0n) is 13.2. The molecular formula is C16H20N4O2S. The van der Waals surface area contributed by atoms with Crippen LogP contribution in [0.1, 0.15) is 30.1 Å². The Morgan fingerprint density at radius 1 is 1.48 bits per heavy atom. The second-order valence-corrected chi connectivity index (χ2v) is 6.33. The highest BCUT2D eigenvalue weighted by molar-refractivity contribution is 8.13. The number of carbonyl (C=O) groups is 1. The van der Waals surface area contributed by atoms with Crippen molar-refractivity contribution in [2.24, 2.45) is 10.9 Å². The molecule has 1 aromatic rings. The lowest BCUT2D eigenvalue weighted by molar-refractivity contribution is 0.0697. The van der Waals surface area contributed by atoms with E-state index in [4.69, 9.17) is 5.26 Å². The summed E-state index contributed by atoms with van der Waals surface area (Å²) in [5.41, 5.74) is 1.50. The zero-order valence-corrected chi connectivity index (χ0v) is 14.1. The molecule has 1 aromatic carbocycles. The summed E-state index contributed by atoms with van der Waals surface area (Å²) in [5.74, 6) is -0.279. The van der Waals surface area contributed by atoms with Crippen LogP contribution in [0.15, 0.2) is 23.2 Å². The minimum Gasteiger partial charge on any atom is -0.478 e. The number of benzene rings is 1. The van der Waals surface area contributed by atoms with Gasteiger partial charge in [-0.1, -0.05) is 18.7 Å². The first-order chi connectivity index (χ1) is 11.0. The number of aromatic carboxylic acids is 1. The van der Waals surface area contributed by atoms with Crippen LogP contribution in [0.3, 0.4) is 0 Å². The van der Waals surface area contributed by atoms with Gasteiger partial charge in [0.15, 0.2) is 11.4 Å². The van der Waals surface area contributed by atoms with Gasteiger partial charge in [-0.25, -0.2) is 9.79 Å². The molecular weight excluding hydrogens is 312 g/mol. The SMILES string of the molecule is CSC(=Nc1ccc(N2CCC(C)CC2)c(C(=O)O)c1)NC#N. The lowest BCUT2D eigenvalue weighted by Crippen LogP contribution is -2.33. The van der Waals surface area contributed by atoms with E-state index < -0.39 is 5.97 Å². The molecule has 0 aliphatic carbocycles. The van der Waals surface area contributed by atoms with E-state index in [1.54, 1.807) is 18.4 Å². The number of thioether (sulfide) groups is 1. The molecule has 1 fully saturated rings. The first-order valence-electron chi connectivity index (χ1n) is 7.45. The van der Waals surface area contributed by atoms with E-state index in [-0.39, 0.29) is 5.56 Å². The predicted octanol–water partition coefficient (Wildman–Crippen LogP) is 3.04. The molecule has 122 valence electrons. The summed E-state index contributed by atoms with van der Waals surface area (Å²) in [4.78, 5) is 18.0. The minimum atomic E-state index is -0.963. The Hall–Kier alpha value is -2.20. The number of carboxylic acids is 1. The Labute approximate surface area is 140 Å². The molecule has 0 amide bonds. The molecule has 1 saturated heterocycles. The van der Waals surface area contributed by atoms with Crippen molar-refractivity contribution in [1.29, 1.82) is 5.26 Å². The number of hydrogen-bond donors (Lipinski definition) is 2. The molecule has 6 nitrogen and oxygen atoms in total. The van der Waals surface area contributed by atoms with Crippen molar-refractivity contribution in [1.82, 2.24) is 5.32 Å². The first-order valence-corrected chi connectivity index (χ1v) is 8.67. The average Bonchev–Trinajstić information content (AvgIpc) is 2.55. The van der Waals surface area contributed by atoms with Gasteiger partial charge in [-0.3, -0.25) is 5.32 Å². The maximum Gasteiger partial charge on any atom is 0.337 e. The van der Waals surface area contributed by atoms with E-state index in [9.17, 15) is 9.90 Å². The summed E-state index contributed by atoms with van der Waals surface area (Å²) in [6.07, 6.45) is 5.76. The van der Waals surface area contributed by atoms with Gasteiger partial charge in [-0.15, -0.1) is 0 Å². The molecule has 23 heavy (non-hydrogen) atoms. The fraction of sp³-hybridized carbons (Fsp3) is 0.438. The van der Waals surface area contributed by atoms with Crippen LogP contribution in [0.2, 0.25) is 0 Å². The molecule has 1 heterocycles. The summed E-state index contributed by atoms with van der Waals surface area (Å²) in [6, 6.07) is 5.16. The summed E-state index contributed by atoms with van der Waals surface area (Å²) in [7, 11) is 0. The second-order valence-electron chi connectivity index (χ2n) is 5.53. The normalized spacial score (nSPS) is 16.0. The van der Waals surface area contributed by atoms with Gasteiger partial charge in [-0.2, -0.15) is 5.26 Å². The van der Waals surface area contributed by atoms with Crippen LogP contribution in [0.4, 0.5) is 11.4 Å². The number of amidine groups is 1. The van der Waals surface area contributed by atoms with Crippen LogP contribution in [0, 0.1) is 17.4 Å². The lowest BCUT2D eigenvalue weighted by Gasteiger charge is -2.33. The molecule has 0 spiro atoms. The number of nitrogens with one attached hydrogen (secondary N) is 1. The maximum absolute atomic E-state index is 11.6. The smallest absolute Gasteiger partial charge is 0.337 e. The van der Waals surface area contributed by atoms with Crippen LogP contribution in [-0.4, -0.2) is 35.6 Å². The van der Waals surface area contributed by atoms with Crippen LogP contribution in [0.25, 0.3) is 0 Å². The molecule has 7 heteroatoms. The number of rotatable bonds is 3. The van der Waals surface area contributed by atoms with E-state index in [1.807, 2.05) is 12.3 Å². The van der Waals surface area contributed by atoms with Gasteiger partial charge in [0.1, 0.15) is 0 Å². The molecule has 0 aromatic heterocycles. The molecule has 0 bridgehead atoms. The topological polar surface area (TPSA) is 88.7 Å². The first kappa shape index (κ1) is 17.2. The number of hydrogen-bond acceptors (Lipinski definition) is 5. The summed E-state index contributed by atoms with van der Waals surface area (Å²) in [6.45, 7) is 3.96. The number of nitriles is 1. The van der Waals surface area contributed by atoms with E-state index in [2.05, 4.69) is 22.1 Å². The quantitative estimate of drug-likeness (QED) is 0.383. The summed E-state index contributed by atoms with van der Waals surface area (Å²) >= 11 is 1.29. The molecule has 0 radical (unpaired) electrons. The van der Waals surface area contributed by atoms with Crippen molar-refractivity contribution in [3.63, 3.8) is 0 Å². The van der Waals surface area contributed by atoms with Crippen molar-refractivity contribution in [3.05, 3.63) is 23.8 Å². The number of nitrogens with zero attached hydrogens (tertiary/aromatic N) is 3. The van der Waals surface area contributed by atoms with Gasteiger partial charge in [0.2, 0.25) is 0 Å².